The minimum atomic E-state index is 0.0144. The highest BCUT2D eigenvalue weighted by Gasteiger charge is 2.23. The van der Waals surface area contributed by atoms with Gasteiger partial charge in [0.25, 0.3) is 0 Å². The van der Waals surface area contributed by atoms with Crippen LogP contribution in [0.2, 0.25) is 0 Å². The Kier molecular flexibility index (Phi) is 3.96. The van der Waals surface area contributed by atoms with E-state index >= 15 is 0 Å². The van der Waals surface area contributed by atoms with Crippen LogP contribution < -0.4 is 16.0 Å². The van der Waals surface area contributed by atoms with Crippen molar-refractivity contribution in [1.82, 2.24) is 15.3 Å². The molecule has 0 unspecified atom stereocenters. The Labute approximate surface area is 107 Å². The molecule has 1 heterocycles. The second kappa shape index (κ2) is 5.66. The first-order valence-corrected chi connectivity index (χ1v) is 6.29. The average molecular weight is 249 g/mol. The molecule has 0 spiro atoms. The van der Waals surface area contributed by atoms with Crippen molar-refractivity contribution in [3.63, 3.8) is 0 Å². The van der Waals surface area contributed by atoms with E-state index in [1.165, 1.54) is 6.33 Å². The van der Waals surface area contributed by atoms with Gasteiger partial charge in [0.15, 0.2) is 0 Å². The van der Waals surface area contributed by atoms with Crippen LogP contribution in [0.4, 0.5) is 11.6 Å². The summed E-state index contributed by atoms with van der Waals surface area (Å²) in [6, 6.07) is 0.392. The first kappa shape index (κ1) is 12.6. The third kappa shape index (κ3) is 3.32. The van der Waals surface area contributed by atoms with Crippen LogP contribution in [0.25, 0.3) is 0 Å². The molecule has 18 heavy (non-hydrogen) atoms. The molecular weight excluding hydrogens is 230 g/mol. The predicted molar refractivity (Wildman–Crippen MR) is 70.6 cm³/mol. The maximum absolute atomic E-state index is 11.6. The van der Waals surface area contributed by atoms with Crippen LogP contribution >= 0.6 is 0 Å². The lowest BCUT2D eigenvalue weighted by Crippen LogP contribution is -2.31. The van der Waals surface area contributed by atoms with Crippen LogP contribution in [-0.4, -0.2) is 35.0 Å². The van der Waals surface area contributed by atoms with Crippen LogP contribution in [0.3, 0.4) is 0 Å². The van der Waals surface area contributed by atoms with Gasteiger partial charge in [0.2, 0.25) is 5.91 Å². The normalized spacial score (nSPS) is 14.1. The first-order chi connectivity index (χ1) is 8.70. The lowest BCUT2D eigenvalue weighted by molar-refractivity contribution is -0.119. The summed E-state index contributed by atoms with van der Waals surface area (Å²) >= 11 is 0. The SMILES string of the molecule is CCNc1ncnc(NCC(=O)NC2CC2)c1C. The molecule has 0 aromatic carbocycles. The maximum atomic E-state index is 11.6. The number of hydrogen-bond acceptors (Lipinski definition) is 5. The smallest absolute Gasteiger partial charge is 0.239 e. The van der Waals surface area contributed by atoms with Gasteiger partial charge in [-0.2, -0.15) is 0 Å². The highest BCUT2D eigenvalue weighted by atomic mass is 16.2. The highest BCUT2D eigenvalue weighted by Crippen LogP contribution is 2.19. The van der Waals surface area contributed by atoms with Crippen LogP contribution in [0.5, 0.6) is 0 Å². The Morgan fingerprint density at radius 3 is 2.61 bits per heavy atom. The van der Waals surface area contributed by atoms with E-state index in [0.29, 0.717) is 11.9 Å². The number of carbonyl (C=O) groups excluding carboxylic acids is 1. The zero-order chi connectivity index (χ0) is 13.0. The fourth-order valence-electron chi connectivity index (χ4n) is 1.64. The van der Waals surface area contributed by atoms with Crippen molar-refractivity contribution in [2.75, 3.05) is 23.7 Å². The van der Waals surface area contributed by atoms with Crippen LogP contribution in [-0.2, 0) is 4.79 Å². The Balaban J connectivity index is 1.91. The molecule has 1 aromatic heterocycles. The number of carbonyl (C=O) groups is 1. The molecule has 6 heteroatoms. The van der Waals surface area contributed by atoms with Gasteiger partial charge in [-0.3, -0.25) is 4.79 Å². The Morgan fingerprint density at radius 1 is 1.33 bits per heavy atom. The van der Waals surface area contributed by atoms with Gasteiger partial charge in [-0.1, -0.05) is 0 Å². The fourth-order valence-corrected chi connectivity index (χ4v) is 1.64. The molecular formula is C12H19N5O. The Hall–Kier alpha value is -1.85. The molecule has 0 atom stereocenters. The van der Waals surface area contributed by atoms with Crippen molar-refractivity contribution in [2.24, 2.45) is 0 Å². The molecule has 1 aliphatic rings. The average Bonchev–Trinajstić information content (AvgIpc) is 3.14. The quantitative estimate of drug-likeness (QED) is 0.698. The zero-order valence-electron chi connectivity index (χ0n) is 10.8. The summed E-state index contributed by atoms with van der Waals surface area (Å²) in [7, 11) is 0. The second-order valence-electron chi connectivity index (χ2n) is 4.42. The van der Waals surface area contributed by atoms with Crippen LogP contribution in [0.1, 0.15) is 25.3 Å². The molecule has 6 nitrogen and oxygen atoms in total. The number of hydrogen-bond donors (Lipinski definition) is 3. The molecule has 1 saturated carbocycles. The van der Waals surface area contributed by atoms with Crippen molar-refractivity contribution < 1.29 is 4.79 Å². The van der Waals surface area contributed by atoms with Gasteiger partial charge in [-0.15, -0.1) is 0 Å². The number of rotatable bonds is 6. The van der Waals surface area contributed by atoms with Crippen LogP contribution in [0.15, 0.2) is 6.33 Å². The van der Waals surface area contributed by atoms with E-state index in [2.05, 4.69) is 25.9 Å². The molecule has 0 saturated heterocycles. The van der Waals surface area contributed by atoms with Gasteiger partial charge in [0.1, 0.15) is 18.0 Å². The number of amides is 1. The van der Waals surface area contributed by atoms with Gasteiger partial charge in [0, 0.05) is 18.2 Å². The molecule has 0 radical (unpaired) electrons. The van der Waals surface area contributed by atoms with Gasteiger partial charge in [-0.25, -0.2) is 9.97 Å². The van der Waals surface area contributed by atoms with Crippen molar-refractivity contribution in [1.29, 1.82) is 0 Å². The van der Waals surface area contributed by atoms with E-state index in [4.69, 9.17) is 0 Å². The van der Waals surface area contributed by atoms with E-state index < -0.39 is 0 Å². The number of nitrogens with zero attached hydrogens (tertiary/aromatic N) is 2. The van der Waals surface area contributed by atoms with E-state index in [-0.39, 0.29) is 12.5 Å². The third-order valence-electron chi connectivity index (χ3n) is 2.79. The molecule has 1 aliphatic carbocycles. The fraction of sp³-hybridized carbons (Fsp3) is 0.583. The van der Waals surface area contributed by atoms with Crippen molar-refractivity contribution in [2.45, 2.75) is 32.7 Å². The number of aromatic nitrogens is 2. The van der Waals surface area contributed by atoms with Crippen molar-refractivity contribution in [3.8, 4) is 0 Å². The molecule has 98 valence electrons. The topological polar surface area (TPSA) is 78.9 Å². The maximum Gasteiger partial charge on any atom is 0.239 e. The standard InChI is InChI=1S/C12H19N5O/c1-3-13-11-8(2)12(16-7-15-11)14-6-10(18)17-9-4-5-9/h7,9H,3-6H2,1-2H3,(H,17,18)(H2,13,14,15,16). The third-order valence-corrected chi connectivity index (χ3v) is 2.79. The first-order valence-electron chi connectivity index (χ1n) is 6.29. The number of nitrogens with one attached hydrogen (secondary N) is 3. The van der Waals surface area contributed by atoms with Gasteiger partial charge in [-0.05, 0) is 26.7 Å². The van der Waals surface area contributed by atoms with Crippen molar-refractivity contribution in [3.05, 3.63) is 11.9 Å². The summed E-state index contributed by atoms with van der Waals surface area (Å²) in [6.07, 6.45) is 3.69. The van der Waals surface area contributed by atoms with E-state index in [1.54, 1.807) is 0 Å². The molecule has 0 aliphatic heterocycles. The Morgan fingerprint density at radius 2 is 2.00 bits per heavy atom. The summed E-state index contributed by atoms with van der Waals surface area (Å²) in [6.45, 7) is 5.00. The van der Waals surface area contributed by atoms with Crippen molar-refractivity contribution >= 4 is 17.5 Å². The lowest BCUT2D eigenvalue weighted by atomic mass is 10.3. The van der Waals surface area contributed by atoms with Gasteiger partial charge >= 0.3 is 0 Å². The number of anilines is 2. The predicted octanol–water partition coefficient (Wildman–Crippen LogP) is 0.907. The largest absolute Gasteiger partial charge is 0.370 e. The summed E-state index contributed by atoms with van der Waals surface area (Å²) in [5.74, 6) is 1.52. The van der Waals surface area contributed by atoms with Gasteiger partial charge < -0.3 is 16.0 Å². The zero-order valence-corrected chi connectivity index (χ0v) is 10.8. The van der Waals surface area contributed by atoms with Crippen LogP contribution in [0, 0.1) is 6.92 Å². The summed E-state index contributed by atoms with van der Waals surface area (Å²) in [4.78, 5) is 19.9. The molecule has 1 aromatic rings. The summed E-state index contributed by atoms with van der Waals surface area (Å²) in [5.41, 5.74) is 0.929. The van der Waals surface area contributed by atoms with Gasteiger partial charge in [0.05, 0.1) is 6.54 Å². The van der Waals surface area contributed by atoms with E-state index in [0.717, 1.165) is 30.8 Å². The van der Waals surface area contributed by atoms with E-state index in [1.807, 2.05) is 13.8 Å². The minimum absolute atomic E-state index is 0.0144. The molecule has 0 bridgehead atoms. The minimum Gasteiger partial charge on any atom is -0.370 e. The summed E-state index contributed by atoms with van der Waals surface area (Å²) < 4.78 is 0. The van der Waals surface area contributed by atoms with E-state index in [9.17, 15) is 4.79 Å². The second-order valence-corrected chi connectivity index (χ2v) is 4.42. The molecule has 1 amide bonds. The molecule has 1 fully saturated rings. The summed E-state index contributed by atoms with van der Waals surface area (Å²) in [5, 5.41) is 9.12. The monoisotopic (exact) mass is 249 g/mol. The lowest BCUT2D eigenvalue weighted by Gasteiger charge is -2.11. The Bertz CT molecular complexity index is 430. The molecule has 2 rings (SSSR count). The highest BCUT2D eigenvalue weighted by molar-refractivity contribution is 5.81. The molecule has 3 N–H and O–H groups in total.